The summed E-state index contributed by atoms with van der Waals surface area (Å²) in [6.45, 7) is 13.2. The highest BCUT2D eigenvalue weighted by molar-refractivity contribution is 6.02. The van der Waals surface area contributed by atoms with Crippen LogP contribution in [0.2, 0.25) is 0 Å². The van der Waals surface area contributed by atoms with Crippen LogP contribution in [0.5, 0.6) is 0 Å². The second kappa shape index (κ2) is 10.2. The van der Waals surface area contributed by atoms with Crippen LogP contribution >= 0.6 is 0 Å². The van der Waals surface area contributed by atoms with Crippen molar-refractivity contribution in [1.82, 2.24) is 30.1 Å². The zero-order chi connectivity index (χ0) is 27.3. The molecule has 11 heteroatoms. The lowest BCUT2D eigenvalue weighted by molar-refractivity contribution is 0.00435. The van der Waals surface area contributed by atoms with Gasteiger partial charge < -0.3 is 24.4 Å². The minimum Gasteiger partial charge on any atom is -0.381 e. The Morgan fingerprint density at radius 2 is 1.95 bits per heavy atom. The molecule has 2 N–H and O–H groups in total. The SMILES string of the molecule is CCC1CN(CC2CCOCC2)C(C)CN1C(=O)N1Cc2c(NC(=O)c3cc(C4CC4)on3)n[nH]c2C1(C)C. The number of nitrogens with one attached hydrogen (secondary N) is 2. The van der Waals surface area contributed by atoms with Crippen molar-refractivity contribution in [3.8, 4) is 0 Å². The largest absolute Gasteiger partial charge is 0.381 e. The fourth-order valence-electron chi connectivity index (χ4n) is 6.41. The summed E-state index contributed by atoms with van der Waals surface area (Å²) < 4.78 is 10.9. The number of urea groups is 1. The Balaban J connectivity index is 1.14. The molecule has 3 amide bonds. The molecule has 2 unspecified atom stereocenters. The minimum atomic E-state index is -0.587. The fourth-order valence-corrected chi connectivity index (χ4v) is 6.41. The number of piperazine rings is 1. The smallest absolute Gasteiger partial charge is 0.321 e. The Kier molecular flexibility index (Phi) is 6.91. The molecule has 0 spiro atoms. The Bertz CT molecular complexity index is 1210. The van der Waals surface area contributed by atoms with Gasteiger partial charge in [-0.15, -0.1) is 0 Å². The Morgan fingerprint density at radius 3 is 2.67 bits per heavy atom. The van der Waals surface area contributed by atoms with E-state index in [0.717, 1.165) is 75.4 Å². The highest BCUT2D eigenvalue weighted by atomic mass is 16.5. The zero-order valence-corrected chi connectivity index (χ0v) is 23.5. The Morgan fingerprint density at radius 1 is 1.18 bits per heavy atom. The first-order chi connectivity index (χ1) is 18.8. The summed E-state index contributed by atoms with van der Waals surface area (Å²) in [5, 5.41) is 14.3. The molecule has 39 heavy (non-hydrogen) atoms. The lowest BCUT2D eigenvalue weighted by Gasteiger charge is -2.48. The Labute approximate surface area is 229 Å². The normalized spacial score (nSPS) is 25.6. The first kappa shape index (κ1) is 26.3. The van der Waals surface area contributed by atoms with Crippen molar-refractivity contribution >= 4 is 17.8 Å². The third-order valence-electron chi connectivity index (χ3n) is 9.19. The van der Waals surface area contributed by atoms with Gasteiger partial charge in [0.1, 0.15) is 5.76 Å². The van der Waals surface area contributed by atoms with Crippen molar-refractivity contribution in [2.24, 2.45) is 5.92 Å². The van der Waals surface area contributed by atoms with Gasteiger partial charge in [0.15, 0.2) is 11.5 Å². The van der Waals surface area contributed by atoms with Gasteiger partial charge in [-0.3, -0.25) is 14.8 Å². The van der Waals surface area contributed by atoms with Gasteiger partial charge in [-0.2, -0.15) is 5.10 Å². The molecule has 4 aliphatic rings. The van der Waals surface area contributed by atoms with E-state index < -0.39 is 5.54 Å². The first-order valence-corrected chi connectivity index (χ1v) is 14.5. The molecule has 2 atom stereocenters. The summed E-state index contributed by atoms with van der Waals surface area (Å²) in [6.07, 6.45) is 5.29. The van der Waals surface area contributed by atoms with Gasteiger partial charge in [0, 0.05) is 62.5 Å². The number of carbonyl (C=O) groups is 2. The molecule has 0 bridgehead atoms. The van der Waals surface area contributed by atoms with Crippen molar-refractivity contribution in [3.63, 3.8) is 0 Å². The van der Waals surface area contributed by atoms with Crippen LogP contribution in [0.3, 0.4) is 0 Å². The molecule has 1 aliphatic carbocycles. The van der Waals surface area contributed by atoms with E-state index in [1.807, 2.05) is 18.7 Å². The second-order valence-corrected chi connectivity index (χ2v) is 12.3. The number of aromatic amines is 1. The zero-order valence-electron chi connectivity index (χ0n) is 23.5. The van der Waals surface area contributed by atoms with E-state index in [4.69, 9.17) is 9.26 Å². The number of ether oxygens (including phenoxy) is 1. The number of H-pyrrole nitrogens is 1. The van der Waals surface area contributed by atoms with Crippen LogP contribution in [-0.4, -0.2) is 86.9 Å². The summed E-state index contributed by atoms with van der Waals surface area (Å²) >= 11 is 0. The third-order valence-corrected chi connectivity index (χ3v) is 9.19. The maximum Gasteiger partial charge on any atom is 0.321 e. The van der Waals surface area contributed by atoms with Gasteiger partial charge in [0.25, 0.3) is 5.91 Å². The monoisotopic (exact) mass is 539 g/mol. The lowest BCUT2D eigenvalue weighted by Crippen LogP contribution is -2.62. The average Bonchev–Trinajstić information content (AvgIpc) is 3.40. The van der Waals surface area contributed by atoms with E-state index in [9.17, 15) is 9.59 Å². The standard InChI is InChI=1S/C28H41N7O4/c1-5-20-15-33(14-18-8-10-38-11-9-18)17(2)13-34(20)27(37)35-16-21-24(28(35,3)4)30-31-25(21)29-26(36)22-12-23(39-32-22)19-6-7-19/h12,17-20H,5-11,13-16H2,1-4H3,(H2,29,30,31,36). The summed E-state index contributed by atoms with van der Waals surface area (Å²) in [4.78, 5) is 33.5. The average molecular weight is 540 g/mol. The van der Waals surface area contributed by atoms with Crippen molar-refractivity contribution in [3.05, 3.63) is 28.8 Å². The quantitative estimate of drug-likeness (QED) is 0.571. The van der Waals surface area contributed by atoms with Crippen LogP contribution in [0.1, 0.15) is 93.2 Å². The van der Waals surface area contributed by atoms with Crippen LogP contribution in [-0.2, 0) is 16.8 Å². The van der Waals surface area contributed by atoms with Gasteiger partial charge >= 0.3 is 6.03 Å². The highest BCUT2D eigenvalue weighted by Crippen LogP contribution is 2.42. The molecular formula is C28H41N7O4. The molecule has 3 fully saturated rings. The maximum atomic E-state index is 14.1. The van der Waals surface area contributed by atoms with Gasteiger partial charge in [0.2, 0.25) is 0 Å². The number of carbonyl (C=O) groups excluding carboxylic acids is 2. The predicted molar refractivity (Wildman–Crippen MR) is 144 cm³/mol. The molecule has 212 valence electrons. The predicted octanol–water partition coefficient (Wildman–Crippen LogP) is 3.91. The molecule has 3 aliphatic heterocycles. The Hall–Kier alpha value is -2.92. The van der Waals surface area contributed by atoms with E-state index in [1.54, 1.807) is 6.07 Å². The molecule has 2 aromatic heterocycles. The summed E-state index contributed by atoms with van der Waals surface area (Å²) in [5.41, 5.74) is 1.35. The maximum absolute atomic E-state index is 14.1. The van der Waals surface area contributed by atoms with Crippen molar-refractivity contribution < 1.29 is 18.8 Å². The van der Waals surface area contributed by atoms with Crippen LogP contribution in [0.25, 0.3) is 0 Å². The molecule has 5 heterocycles. The molecule has 1 saturated carbocycles. The summed E-state index contributed by atoms with van der Waals surface area (Å²) in [6, 6.07) is 2.21. The van der Waals surface area contributed by atoms with E-state index in [1.165, 1.54) is 0 Å². The van der Waals surface area contributed by atoms with Gasteiger partial charge in [-0.25, -0.2) is 4.79 Å². The fraction of sp³-hybridized carbons (Fsp3) is 0.714. The lowest BCUT2D eigenvalue weighted by atomic mass is 9.96. The number of hydrogen-bond donors (Lipinski definition) is 2. The van der Waals surface area contributed by atoms with E-state index >= 15 is 0 Å². The summed E-state index contributed by atoms with van der Waals surface area (Å²) in [5.74, 6) is 1.89. The van der Waals surface area contributed by atoms with Gasteiger partial charge in [-0.1, -0.05) is 12.1 Å². The molecule has 0 aromatic carbocycles. The van der Waals surface area contributed by atoms with Crippen LogP contribution < -0.4 is 5.32 Å². The van der Waals surface area contributed by atoms with E-state index in [-0.39, 0.29) is 23.7 Å². The number of anilines is 1. The number of amides is 3. The third kappa shape index (κ3) is 4.95. The van der Waals surface area contributed by atoms with Crippen molar-refractivity contribution in [2.45, 2.75) is 89.9 Å². The van der Waals surface area contributed by atoms with Gasteiger partial charge in [-0.05, 0) is 58.8 Å². The van der Waals surface area contributed by atoms with Crippen LogP contribution in [0.15, 0.2) is 10.6 Å². The molecule has 2 aromatic rings. The minimum absolute atomic E-state index is 0.0388. The highest BCUT2D eigenvalue weighted by Gasteiger charge is 2.47. The van der Waals surface area contributed by atoms with Gasteiger partial charge in [0.05, 0.1) is 17.8 Å². The van der Waals surface area contributed by atoms with E-state index in [0.29, 0.717) is 36.8 Å². The van der Waals surface area contributed by atoms with Crippen LogP contribution in [0, 0.1) is 5.92 Å². The first-order valence-electron chi connectivity index (χ1n) is 14.5. The molecule has 6 rings (SSSR count). The summed E-state index contributed by atoms with van der Waals surface area (Å²) in [7, 11) is 0. The number of fused-ring (bicyclic) bond motifs is 1. The van der Waals surface area contributed by atoms with Crippen LogP contribution in [0.4, 0.5) is 10.6 Å². The molecule has 11 nitrogen and oxygen atoms in total. The molecule has 2 saturated heterocycles. The number of rotatable bonds is 6. The van der Waals surface area contributed by atoms with E-state index in [2.05, 4.69) is 44.3 Å². The number of hydrogen-bond acceptors (Lipinski definition) is 7. The topological polar surface area (TPSA) is 120 Å². The number of nitrogens with zero attached hydrogens (tertiary/aromatic N) is 5. The van der Waals surface area contributed by atoms with Crippen molar-refractivity contribution in [2.75, 3.05) is 38.2 Å². The molecular weight excluding hydrogens is 498 g/mol. The second-order valence-electron chi connectivity index (χ2n) is 12.3. The van der Waals surface area contributed by atoms with Crippen molar-refractivity contribution in [1.29, 1.82) is 0 Å². The number of aromatic nitrogens is 3. The molecule has 0 radical (unpaired) electrons.